The van der Waals surface area contributed by atoms with E-state index in [4.69, 9.17) is 0 Å². The van der Waals surface area contributed by atoms with Crippen molar-refractivity contribution in [3.63, 3.8) is 0 Å². The van der Waals surface area contributed by atoms with Gasteiger partial charge in [0.05, 0.1) is 34.3 Å². The lowest BCUT2D eigenvalue weighted by Gasteiger charge is -2.15. The molecule has 0 aliphatic carbocycles. The van der Waals surface area contributed by atoms with E-state index in [0.29, 0.717) is 23.0 Å². The molecule has 7 heteroatoms. The van der Waals surface area contributed by atoms with Crippen LogP contribution in [0.2, 0.25) is 0 Å². The number of para-hydroxylation sites is 1. The highest BCUT2D eigenvalue weighted by Crippen LogP contribution is 2.22. The predicted octanol–water partition coefficient (Wildman–Crippen LogP) is 2.73. The second-order valence-electron chi connectivity index (χ2n) is 6.05. The number of nitrogens with one attached hydrogen (secondary N) is 1. The number of H-pyrrole nitrogens is 1. The second-order valence-corrected chi connectivity index (χ2v) is 7.16. The first kappa shape index (κ1) is 16.4. The fraction of sp³-hybridized carbons (Fsp3) is 0.158. The molecule has 1 N–H and O–H groups in total. The van der Waals surface area contributed by atoms with Gasteiger partial charge in [-0.25, -0.2) is 10.1 Å². The number of thiazole rings is 1. The number of benzene rings is 2. The Morgan fingerprint density at radius 2 is 1.85 bits per heavy atom. The second kappa shape index (κ2) is 6.68. The van der Waals surface area contributed by atoms with Crippen LogP contribution in [0.3, 0.4) is 0 Å². The molecule has 0 saturated heterocycles. The number of amides is 1. The maximum Gasteiger partial charge on any atom is 0.272 e. The highest BCUT2D eigenvalue weighted by atomic mass is 32.1. The van der Waals surface area contributed by atoms with Crippen molar-refractivity contribution in [3.8, 4) is 0 Å². The smallest absolute Gasteiger partial charge is 0.272 e. The Morgan fingerprint density at radius 3 is 2.65 bits per heavy atom. The van der Waals surface area contributed by atoms with E-state index in [1.807, 2.05) is 36.4 Å². The molecule has 0 atom stereocenters. The van der Waals surface area contributed by atoms with Crippen LogP contribution in [0.1, 0.15) is 10.7 Å². The van der Waals surface area contributed by atoms with Crippen molar-refractivity contribution in [1.82, 2.24) is 20.1 Å². The van der Waals surface area contributed by atoms with Crippen LogP contribution in [0.15, 0.2) is 53.3 Å². The van der Waals surface area contributed by atoms with E-state index in [2.05, 4.69) is 15.2 Å². The van der Waals surface area contributed by atoms with Gasteiger partial charge in [-0.2, -0.15) is 5.10 Å². The van der Waals surface area contributed by atoms with Crippen LogP contribution in [-0.4, -0.2) is 33.0 Å². The van der Waals surface area contributed by atoms with Gasteiger partial charge in [0.25, 0.3) is 5.56 Å². The minimum absolute atomic E-state index is 0.0750. The number of rotatable bonds is 4. The summed E-state index contributed by atoms with van der Waals surface area (Å²) in [4.78, 5) is 30.7. The van der Waals surface area contributed by atoms with Crippen LogP contribution in [0.25, 0.3) is 21.0 Å². The van der Waals surface area contributed by atoms with Gasteiger partial charge < -0.3 is 4.90 Å². The van der Waals surface area contributed by atoms with Crippen LogP contribution in [0, 0.1) is 0 Å². The summed E-state index contributed by atoms with van der Waals surface area (Å²) in [7, 11) is 1.75. The molecule has 26 heavy (non-hydrogen) atoms. The Bertz CT molecular complexity index is 1130. The van der Waals surface area contributed by atoms with Gasteiger partial charge in [-0.3, -0.25) is 9.59 Å². The monoisotopic (exact) mass is 364 g/mol. The van der Waals surface area contributed by atoms with Crippen molar-refractivity contribution in [1.29, 1.82) is 0 Å². The molecule has 0 fully saturated rings. The van der Waals surface area contributed by atoms with Gasteiger partial charge in [-0.05, 0) is 18.2 Å². The molecule has 0 unspecified atom stereocenters. The third-order valence-corrected chi connectivity index (χ3v) is 5.25. The molecule has 130 valence electrons. The number of hydrogen-bond acceptors (Lipinski definition) is 5. The zero-order valence-corrected chi connectivity index (χ0v) is 14.9. The first-order valence-electron chi connectivity index (χ1n) is 8.16. The molecular formula is C19H16N4O2S. The summed E-state index contributed by atoms with van der Waals surface area (Å²) in [5.41, 5.74) is 1.27. The standard InChI is InChI=1S/C19H16N4O2S/c1-23(11-17-20-14-8-4-5-9-16(14)26-17)18(24)10-15-12-6-2-3-7-13(12)19(25)22-21-15/h2-9H,10-11H2,1H3,(H,22,25). The Hall–Kier alpha value is -3.06. The Morgan fingerprint density at radius 1 is 1.12 bits per heavy atom. The maximum atomic E-state index is 12.6. The van der Waals surface area contributed by atoms with Crippen molar-refractivity contribution < 1.29 is 4.79 Å². The van der Waals surface area contributed by atoms with Crippen molar-refractivity contribution in [2.45, 2.75) is 13.0 Å². The molecule has 6 nitrogen and oxygen atoms in total. The van der Waals surface area contributed by atoms with Crippen LogP contribution in [-0.2, 0) is 17.8 Å². The van der Waals surface area contributed by atoms with Gasteiger partial charge in [0, 0.05) is 12.4 Å². The highest BCUT2D eigenvalue weighted by Gasteiger charge is 2.16. The fourth-order valence-electron chi connectivity index (χ4n) is 2.86. The Kier molecular flexibility index (Phi) is 4.22. The van der Waals surface area contributed by atoms with Crippen molar-refractivity contribution >= 4 is 38.2 Å². The van der Waals surface area contributed by atoms with E-state index in [1.165, 1.54) is 0 Å². The number of fused-ring (bicyclic) bond motifs is 2. The molecule has 4 rings (SSSR count). The third kappa shape index (κ3) is 3.09. The average Bonchev–Trinajstić information content (AvgIpc) is 3.06. The molecule has 0 aliphatic heterocycles. The summed E-state index contributed by atoms with van der Waals surface area (Å²) in [5, 5.41) is 8.68. The van der Waals surface area contributed by atoms with Crippen molar-refractivity contribution in [2.75, 3.05) is 7.05 Å². The topological polar surface area (TPSA) is 79.0 Å². The lowest BCUT2D eigenvalue weighted by molar-refractivity contribution is -0.129. The number of carbonyl (C=O) groups excluding carboxylic acids is 1. The summed E-state index contributed by atoms with van der Waals surface area (Å²) >= 11 is 1.59. The number of aromatic amines is 1. The van der Waals surface area contributed by atoms with E-state index < -0.39 is 0 Å². The summed E-state index contributed by atoms with van der Waals surface area (Å²) < 4.78 is 1.11. The molecule has 1 amide bonds. The van der Waals surface area contributed by atoms with Crippen molar-refractivity contribution in [2.24, 2.45) is 0 Å². The maximum absolute atomic E-state index is 12.6. The quantitative estimate of drug-likeness (QED) is 0.604. The first-order chi connectivity index (χ1) is 12.6. The minimum atomic E-state index is -0.250. The van der Waals surface area contributed by atoms with Crippen molar-refractivity contribution in [3.05, 3.63) is 69.6 Å². The van der Waals surface area contributed by atoms with Gasteiger partial charge in [0.1, 0.15) is 5.01 Å². The summed E-state index contributed by atoms with van der Waals surface area (Å²) in [6.45, 7) is 0.444. The van der Waals surface area contributed by atoms with Crippen LogP contribution < -0.4 is 5.56 Å². The van der Waals surface area contributed by atoms with Crippen LogP contribution >= 0.6 is 11.3 Å². The molecule has 0 aliphatic rings. The van der Waals surface area contributed by atoms with E-state index in [-0.39, 0.29) is 17.9 Å². The summed E-state index contributed by atoms with van der Waals surface area (Å²) in [6, 6.07) is 15.1. The molecule has 2 heterocycles. The van der Waals surface area contributed by atoms with Gasteiger partial charge >= 0.3 is 0 Å². The number of hydrogen-bond donors (Lipinski definition) is 1. The fourth-order valence-corrected chi connectivity index (χ4v) is 3.88. The van der Waals surface area contributed by atoms with Gasteiger partial charge in [0.2, 0.25) is 5.91 Å². The molecule has 0 saturated carbocycles. The highest BCUT2D eigenvalue weighted by molar-refractivity contribution is 7.18. The van der Waals surface area contributed by atoms with E-state index in [9.17, 15) is 9.59 Å². The summed E-state index contributed by atoms with van der Waals surface area (Å²) in [6.07, 6.45) is 0.124. The average molecular weight is 364 g/mol. The minimum Gasteiger partial charge on any atom is -0.339 e. The molecule has 0 spiro atoms. The lowest BCUT2D eigenvalue weighted by atomic mass is 10.1. The van der Waals surface area contributed by atoms with Gasteiger partial charge in [0.15, 0.2) is 0 Å². The SMILES string of the molecule is CN(Cc1nc2ccccc2s1)C(=O)Cc1n[nH]c(=O)c2ccccc12. The largest absolute Gasteiger partial charge is 0.339 e. The number of likely N-dealkylation sites (N-methyl/N-ethyl adjacent to an activating group) is 1. The molecule has 4 aromatic rings. The zero-order valence-electron chi connectivity index (χ0n) is 14.1. The van der Waals surface area contributed by atoms with Crippen LogP contribution in [0.5, 0.6) is 0 Å². The number of carbonyl (C=O) groups is 1. The molecule has 0 radical (unpaired) electrons. The number of nitrogens with zero attached hydrogens (tertiary/aromatic N) is 3. The van der Waals surface area contributed by atoms with E-state index in [0.717, 1.165) is 15.2 Å². The molecule has 2 aromatic carbocycles. The molecular weight excluding hydrogens is 348 g/mol. The van der Waals surface area contributed by atoms with E-state index in [1.54, 1.807) is 35.4 Å². The van der Waals surface area contributed by atoms with Crippen LogP contribution in [0.4, 0.5) is 0 Å². The van der Waals surface area contributed by atoms with E-state index >= 15 is 0 Å². The number of aromatic nitrogens is 3. The Balaban J connectivity index is 1.54. The molecule has 2 aromatic heterocycles. The van der Waals surface area contributed by atoms with Gasteiger partial charge in [-0.1, -0.05) is 30.3 Å². The third-order valence-electron chi connectivity index (χ3n) is 4.23. The lowest BCUT2D eigenvalue weighted by Crippen LogP contribution is -2.28. The predicted molar refractivity (Wildman–Crippen MR) is 102 cm³/mol. The zero-order chi connectivity index (χ0) is 18.1. The molecule has 0 bridgehead atoms. The Labute approximate surface area is 153 Å². The van der Waals surface area contributed by atoms with Gasteiger partial charge in [-0.15, -0.1) is 11.3 Å². The normalized spacial score (nSPS) is 11.1. The summed E-state index contributed by atoms with van der Waals surface area (Å²) in [5.74, 6) is -0.0750. The first-order valence-corrected chi connectivity index (χ1v) is 8.98.